The summed E-state index contributed by atoms with van der Waals surface area (Å²) >= 11 is 7.11. The average molecular weight is 712 g/mol. The number of fused-ring (bicyclic) bond motifs is 1. The molecule has 1 unspecified atom stereocenters. The molecule has 4 heterocycles. The van der Waals surface area contributed by atoms with Crippen molar-refractivity contribution in [3.8, 4) is 11.1 Å². The van der Waals surface area contributed by atoms with E-state index in [2.05, 4.69) is 39.0 Å². The lowest BCUT2D eigenvalue weighted by Gasteiger charge is -2.36. The Labute approximate surface area is 294 Å². The number of nitrogens with zero attached hydrogens (tertiary/aromatic N) is 5. The quantitative estimate of drug-likeness (QED) is 0.0600. The first-order valence-electron chi connectivity index (χ1n) is 17.0. The number of benzene rings is 1. The zero-order valence-electron chi connectivity index (χ0n) is 30.3. The largest absolute Gasteiger partial charge is 0.464 e. The molecule has 13 heteroatoms. The van der Waals surface area contributed by atoms with Gasteiger partial charge in [0.25, 0.3) is 0 Å². The van der Waals surface area contributed by atoms with Gasteiger partial charge in [-0.3, -0.25) is 9.48 Å². The van der Waals surface area contributed by atoms with Crippen LogP contribution in [-0.4, -0.2) is 65.0 Å². The highest BCUT2D eigenvalue weighted by atomic mass is 35.5. The maximum atomic E-state index is 13.4. The predicted octanol–water partition coefficient (Wildman–Crippen LogP) is 7.71. The predicted molar refractivity (Wildman–Crippen MR) is 193 cm³/mol. The van der Waals surface area contributed by atoms with Crippen molar-refractivity contribution in [1.82, 2.24) is 24.1 Å². The first-order chi connectivity index (χ1) is 23.2. The Balaban J connectivity index is 1.58. The molecule has 1 saturated heterocycles. The molecule has 0 saturated carbocycles. The van der Waals surface area contributed by atoms with E-state index in [1.165, 1.54) is 11.8 Å². The molecule has 0 aliphatic carbocycles. The molecule has 1 atom stereocenters. The van der Waals surface area contributed by atoms with Crippen LogP contribution in [0.5, 0.6) is 0 Å². The maximum Gasteiger partial charge on any atom is 0.354 e. The van der Waals surface area contributed by atoms with Crippen LogP contribution in [0.15, 0.2) is 18.2 Å². The Hall–Kier alpha value is -3.29. The van der Waals surface area contributed by atoms with E-state index in [-0.39, 0.29) is 24.5 Å². The van der Waals surface area contributed by atoms with Crippen molar-refractivity contribution >= 4 is 43.1 Å². The van der Waals surface area contributed by atoms with E-state index in [0.29, 0.717) is 47.4 Å². The standard InChI is InChI=1S/C36H50ClN5O6Si/c1-23-31(29(39-42(23)30-14-10-11-17-47-30)22-46-21-24-19-25(20-43)41(6)38-24)32-28(37)16-15-27-26(34(35(44)45-7)40(5)33(27)32)13-12-18-48-49(8,9)36(2,3)4/h15-16,19-20,30H,10-14,17-18,21-22H2,1-9H3. The SMILES string of the molecule is COC(=O)c1c(CCCO[Si](C)(C)C(C)(C)C)c2ccc(Cl)c(-c3c(COCc4cc(C=O)n(C)n4)nn(C4CCCCO4)c3C)c2n1C. The summed E-state index contributed by atoms with van der Waals surface area (Å²) in [6, 6.07) is 5.59. The summed E-state index contributed by atoms with van der Waals surface area (Å²) < 4.78 is 29.5. The molecule has 0 amide bonds. The van der Waals surface area contributed by atoms with Gasteiger partial charge in [0.2, 0.25) is 0 Å². The molecule has 1 fully saturated rings. The van der Waals surface area contributed by atoms with Crippen LogP contribution >= 0.6 is 11.6 Å². The van der Waals surface area contributed by atoms with Crippen molar-refractivity contribution in [2.75, 3.05) is 20.3 Å². The molecule has 5 rings (SSSR count). The van der Waals surface area contributed by atoms with Gasteiger partial charge in [-0.1, -0.05) is 38.4 Å². The number of carbonyl (C=O) groups is 2. The van der Waals surface area contributed by atoms with Crippen LogP contribution in [0.25, 0.3) is 22.0 Å². The van der Waals surface area contributed by atoms with Gasteiger partial charge in [-0.25, -0.2) is 9.48 Å². The number of esters is 1. The van der Waals surface area contributed by atoms with Crippen LogP contribution in [0, 0.1) is 6.92 Å². The molecule has 4 aromatic rings. The first-order valence-corrected chi connectivity index (χ1v) is 20.3. The molecule has 11 nitrogen and oxygen atoms in total. The Morgan fingerprint density at radius 2 is 1.90 bits per heavy atom. The molecule has 0 bridgehead atoms. The summed E-state index contributed by atoms with van der Waals surface area (Å²) in [5.41, 5.74) is 6.53. The lowest BCUT2D eigenvalue weighted by molar-refractivity contribution is -0.0411. The van der Waals surface area contributed by atoms with Gasteiger partial charge in [0, 0.05) is 49.5 Å². The van der Waals surface area contributed by atoms with Crippen molar-refractivity contribution < 1.29 is 28.2 Å². The molecular formula is C36H50ClN5O6Si. The number of methoxy groups -OCH3 is 1. The summed E-state index contributed by atoms with van der Waals surface area (Å²) in [6.07, 6.45) is 4.85. The number of hydrogen-bond acceptors (Lipinski definition) is 8. The van der Waals surface area contributed by atoms with Crippen LogP contribution < -0.4 is 0 Å². The average Bonchev–Trinajstić information content (AvgIpc) is 3.68. The molecule has 1 aromatic carbocycles. The Kier molecular flexibility index (Phi) is 11.2. The third-order valence-electron chi connectivity index (χ3n) is 10.1. The normalized spacial score (nSPS) is 15.7. The van der Waals surface area contributed by atoms with Gasteiger partial charge >= 0.3 is 5.97 Å². The highest BCUT2D eigenvalue weighted by Gasteiger charge is 2.37. The lowest BCUT2D eigenvalue weighted by atomic mass is 9.98. The van der Waals surface area contributed by atoms with E-state index < -0.39 is 14.3 Å². The van der Waals surface area contributed by atoms with E-state index in [4.69, 9.17) is 35.3 Å². The van der Waals surface area contributed by atoms with Crippen LogP contribution in [0.3, 0.4) is 0 Å². The van der Waals surface area contributed by atoms with Crippen LogP contribution in [0.4, 0.5) is 0 Å². The summed E-state index contributed by atoms with van der Waals surface area (Å²) in [7, 11) is 3.09. The van der Waals surface area contributed by atoms with Crippen LogP contribution in [0.1, 0.15) is 96.3 Å². The maximum absolute atomic E-state index is 13.4. The number of aldehydes is 1. The summed E-state index contributed by atoms with van der Waals surface area (Å²) in [4.78, 5) is 24.7. The minimum atomic E-state index is -1.92. The van der Waals surface area contributed by atoms with Crippen molar-refractivity contribution in [3.63, 3.8) is 0 Å². The van der Waals surface area contributed by atoms with E-state index in [9.17, 15) is 9.59 Å². The second kappa shape index (κ2) is 14.9. The molecule has 3 aromatic heterocycles. The fourth-order valence-electron chi connectivity index (χ4n) is 6.42. The van der Waals surface area contributed by atoms with E-state index in [1.807, 2.05) is 35.4 Å². The number of halogens is 1. The minimum Gasteiger partial charge on any atom is -0.464 e. The summed E-state index contributed by atoms with van der Waals surface area (Å²) in [6.45, 7) is 14.9. The van der Waals surface area contributed by atoms with E-state index in [1.54, 1.807) is 13.1 Å². The van der Waals surface area contributed by atoms with E-state index >= 15 is 0 Å². The van der Waals surface area contributed by atoms with Gasteiger partial charge in [-0.2, -0.15) is 10.2 Å². The number of aryl methyl sites for hydroxylation is 3. The molecular weight excluding hydrogens is 662 g/mol. The topological polar surface area (TPSA) is 112 Å². The number of aromatic nitrogens is 5. The highest BCUT2D eigenvalue weighted by molar-refractivity contribution is 6.74. The third kappa shape index (κ3) is 7.44. The van der Waals surface area contributed by atoms with Crippen molar-refractivity contribution in [2.24, 2.45) is 14.1 Å². The molecule has 0 radical (unpaired) electrons. The second-order valence-electron chi connectivity index (χ2n) is 14.4. The third-order valence-corrected chi connectivity index (χ3v) is 15.0. The molecule has 266 valence electrons. The number of carbonyl (C=O) groups excluding carboxylic acids is 2. The Bertz CT molecular complexity index is 1830. The van der Waals surface area contributed by atoms with Gasteiger partial charge in [0.15, 0.2) is 14.6 Å². The van der Waals surface area contributed by atoms with Gasteiger partial charge in [-0.15, -0.1) is 0 Å². The lowest BCUT2D eigenvalue weighted by Crippen LogP contribution is -2.41. The van der Waals surface area contributed by atoms with Crippen molar-refractivity contribution in [3.05, 3.63) is 57.3 Å². The highest BCUT2D eigenvalue weighted by Crippen LogP contribution is 2.43. The summed E-state index contributed by atoms with van der Waals surface area (Å²) in [5, 5.41) is 11.0. The smallest absolute Gasteiger partial charge is 0.354 e. The van der Waals surface area contributed by atoms with Crippen LogP contribution in [0.2, 0.25) is 23.2 Å². The fraction of sp³-hybridized carbons (Fsp3) is 0.556. The van der Waals surface area contributed by atoms with Gasteiger partial charge in [0.1, 0.15) is 17.6 Å². The van der Waals surface area contributed by atoms with Gasteiger partial charge in [-0.05, 0) is 74.9 Å². The monoisotopic (exact) mass is 711 g/mol. The molecule has 1 aliphatic rings. The molecule has 0 N–H and O–H groups in total. The second-order valence-corrected chi connectivity index (χ2v) is 19.6. The first kappa shape index (κ1) is 37.0. The Morgan fingerprint density at radius 3 is 2.53 bits per heavy atom. The van der Waals surface area contributed by atoms with Gasteiger partial charge < -0.3 is 23.2 Å². The number of hydrogen-bond donors (Lipinski definition) is 0. The van der Waals surface area contributed by atoms with E-state index in [0.717, 1.165) is 65.3 Å². The minimum absolute atomic E-state index is 0.109. The zero-order chi connectivity index (χ0) is 35.7. The Morgan fingerprint density at radius 1 is 1.14 bits per heavy atom. The van der Waals surface area contributed by atoms with Crippen LogP contribution in [-0.2, 0) is 52.4 Å². The zero-order valence-corrected chi connectivity index (χ0v) is 32.1. The fourth-order valence-corrected chi connectivity index (χ4v) is 7.75. The molecule has 0 spiro atoms. The summed E-state index contributed by atoms with van der Waals surface area (Å²) in [5.74, 6) is -0.405. The number of rotatable bonds is 13. The number of ether oxygens (including phenoxy) is 3. The van der Waals surface area contributed by atoms with Crippen molar-refractivity contribution in [2.45, 2.75) is 97.4 Å². The molecule has 1 aliphatic heterocycles. The van der Waals surface area contributed by atoms with Crippen molar-refractivity contribution in [1.29, 1.82) is 0 Å². The van der Waals surface area contributed by atoms with Gasteiger partial charge in [0.05, 0.1) is 42.3 Å². The molecule has 49 heavy (non-hydrogen) atoms.